The molecule has 0 saturated carbocycles. The molecule has 170 valence electrons. The number of amides is 1. The van der Waals surface area contributed by atoms with Gasteiger partial charge in [0.2, 0.25) is 0 Å². The number of hydrogen-bond donors (Lipinski definition) is 1. The predicted molar refractivity (Wildman–Crippen MR) is 131 cm³/mol. The maximum Gasteiger partial charge on any atom is 0.270 e. The molecule has 0 fully saturated rings. The van der Waals surface area contributed by atoms with Crippen LogP contribution in [0, 0.1) is 10.1 Å². The lowest BCUT2D eigenvalue weighted by Gasteiger charge is -2.31. The zero-order chi connectivity index (χ0) is 23.5. The third kappa shape index (κ3) is 4.78. The number of fused-ring (bicyclic) bond motifs is 1. The van der Waals surface area contributed by atoms with Crippen LogP contribution in [0.4, 0.5) is 17.1 Å². The third-order valence-electron chi connectivity index (χ3n) is 5.96. The van der Waals surface area contributed by atoms with Crippen molar-refractivity contribution in [1.82, 2.24) is 5.32 Å². The highest BCUT2D eigenvalue weighted by atomic mass is 35.5. The van der Waals surface area contributed by atoms with E-state index in [1.54, 1.807) is 0 Å². The van der Waals surface area contributed by atoms with E-state index in [2.05, 4.69) is 46.6 Å². The van der Waals surface area contributed by atoms with Gasteiger partial charge in [-0.3, -0.25) is 14.9 Å². The summed E-state index contributed by atoms with van der Waals surface area (Å²) >= 11 is 6.16. The van der Waals surface area contributed by atoms with Gasteiger partial charge < -0.3 is 15.1 Å². The Hall–Kier alpha value is -3.58. The second kappa shape index (κ2) is 9.50. The Morgan fingerprint density at radius 1 is 1.15 bits per heavy atom. The van der Waals surface area contributed by atoms with Crippen molar-refractivity contribution in [3.8, 4) is 0 Å². The van der Waals surface area contributed by atoms with Gasteiger partial charge in [-0.15, -0.1) is 0 Å². The number of non-ortho nitro benzene ring substituents is 1. The van der Waals surface area contributed by atoms with Crippen LogP contribution in [0.3, 0.4) is 0 Å². The van der Waals surface area contributed by atoms with E-state index in [0.717, 1.165) is 24.2 Å². The SMILES string of the molecule is CN(C)c1ccc(C(CNC(=O)c2ccc([N+](=O)[O-])cc2Cl)N2CCc3ccccc32)cc1. The highest BCUT2D eigenvalue weighted by Crippen LogP contribution is 2.35. The molecular formula is C25H25ClN4O3. The molecule has 1 aliphatic rings. The maximum atomic E-state index is 12.9. The topological polar surface area (TPSA) is 78.7 Å². The number of benzene rings is 3. The van der Waals surface area contributed by atoms with Crippen molar-refractivity contribution in [2.45, 2.75) is 12.5 Å². The minimum Gasteiger partial charge on any atom is -0.378 e. The lowest BCUT2D eigenvalue weighted by atomic mass is 10.0. The first-order valence-corrected chi connectivity index (χ1v) is 11.1. The van der Waals surface area contributed by atoms with Gasteiger partial charge in [0.15, 0.2) is 0 Å². The van der Waals surface area contributed by atoms with Gasteiger partial charge in [0.1, 0.15) is 0 Å². The van der Waals surface area contributed by atoms with E-state index in [1.807, 2.05) is 31.1 Å². The molecule has 1 amide bonds. The average molecular weight is 465 g/mol. The molecule has 3 aromatic rings. The molecule has 0 aromatic heterocycles. The average Bonchev–Trinajstić information content (AvgIpc) is 3.23. The second-order valence-electron chi connectivity index (χ2n) is 8.21. The van der Waals surface area contributed by atoms with Crippen LogP contribution in [-0.4, -0.2) is 38.0 Å². The van der Waals surface area contributed by atoms with Crippen molar-refractivity contribution >= 4 is 34.6 Å². The van der Waals surface area contributed by atoms with E-state index < -0.39 is 4.92 Å². The Balaban J connectivity index is 1.59. The number of carbonyl (C=O) groups excluding carboxylic acids is 1. The Morgan fingerprint density at radius 3 is 2.55 bits per heavy atom. The van der Waals surface area contributed by atoms with Crippen LogP contribution in [0.1, 0.15) is 27.5 Å². The summed E-state index contributed by atoms with van der Waals surface area (Å²) in [6.07, 6.45) is 0.949. The summed E-state index contributed by atoms with van der Waals surface area (Å²) in [5.74, 6) is -0.364. The van der Waals surface area contributed by atoms with Gasteiger partial charge in [-0.05, 0) is 41.8 Å². The molecule has 0 radical (unpaired) electrons. The number of carbonyl (C=O) groups is 1. The third-order valence-corrected chi connectivity index (χ3v) is 6.27. The Labute approximate surface area is 197 Å². The molecule has 1 aliphatic heterocycles. The number of rotatable bonds is 7. The molecular weight excluding hydrogens is 440 g/mol. The van der Waals surface area contributed by atoms with Crippen molar-refractivity contribution in [2.24, 2.45) is 0 Å². The van der Waals surface area contributed by atoms with Gasteiger partial charge in [-0.2, -0.15) is 0 Å². The number of para-hydroxylation sites is 1. The molecule has 3 aromatic carbocycles. The summed E-state index contributed by atoms with van der Waals surface area (Å²) in [7, 11) is 3.99. The first-order chi connectivity index (χ1) is 15.8. The minimum atomic E-state index is -0.536. The van der Waals surface area contributed by atoms with Crippen molar-refractivity contribution in [1.29, 1.82) is 0 Å². The highest BCUT2D eigenvalue weighted by molar-refractivity contribution is 6.34. The van der Waals surface area contributed by atoms with E-state index >= 15 is 0 Å². The van der Waals surface area contributed by atoms with E-state index in [1.165, 1.54) is 29.4 Å². The number of halogens is 1. The van der Waals surface area contributed by atoms with Crippen LogP contribution in [0.15, 0.2) is 66.7 Å². The Morgan fingerprint density at radius 2 is 1.88 bits per heavy atom. The van der Waals surface area contributed by atoms with Gasteiger partial charge in [0.05, 0.1) is 21.6 Å². The summed E-state index contributed by atoms with van der Waals surface area (Å²) in [6, 6.07) is 20.4. The van der Waals surface area contributed by atoms with Crippen molar-refractivity contribution < 1.29 is 9.72 Å². The van der Waals surface area contributed by atoms with Crippen LogP contribution in [0.2, 0.25) is 5.02 Å². The molecule has 7 nitrogen and oxygen atoms in total. The molecule has 1 N–H and O–H groups in total. The molecule has 4 rings (SSSR count). The molecule has 0 spiro atoms. The molecule has 1 heterocycles. The first-order valence-electron chi connectivity index (χ1n) is 10.7. The number of nitrogens with zero attached hydrogens (tertiary/aromatic N) is 3. The first kappa shape index (κ1) is 22.6. The fourth-order valence-electron chi connectivity index (χ4n) is 4.18. The van der Waals surface area contributed by atoms with E-state index in [-0.39, 0.29) is 28.2 Å². The number of nitro groups is 1. The Kier molecular flexibility index (Phi) is 6.51. The van der Waals surface area contributed by atoms with Crippen LogP contribution in [0.5, 0.6) is 0 Å². The number of anilines is 2. The van der Waals surface area contributed by atoms with Crippen LogP contribution >= 0.6 is 11.6 Å². The smallest absolute Gasteiger partial charge is 0.270 e. The highest BCUT2D eigenvalue weighted by Gasteiger charge is 2.28. The normalized spacial score (nSPS) is 13.4. The fraction of sp³-hybridized carbons (Fsp3) is 0.240. The Bertz CT molecular complexity index is 1180. The van der Waals surface area contributed by atoms with Crippen LogP contribution in [0.25, 0.3) is 0 Å². The molecule has 1 atom stereocenters. The molecule has 0 aliphatic carbocycles. The molecule has 8 heteroatoms. The monoisotopic (exact) mass is 464 g/mol. The molecule has 0 saturated heterocycles. The van der Waals surface area contributed by atoms with Crippen molar-refractivity contribution in [2.75, 3.05) is 37.0 Å². The minimum absolute atomic E-state index is 0.0557. The van der Waals surface area contributed by atoms with E-state index in [9.17, 15) is 14.9 Å². The zero-order valence-electron chi connectivity index (χ0n) is 18.5. The summed E-state index contributed by atoms with van der Waals surface area (Å²) in [4.78, 5) is 27.7. The summed E-state index contributed by atoms with van der Waals surface area (Å²) in [6.45, 7) is 1.22. The second-order valence-corrected chi connectivity index (χ2v) is 8.61. The number of nitro benzene ring substituents is 1. The zero-order valence-corrected chi connectivity index (χ0v) is 19.2. The quantitative estimate of drug-likeness (QED) is 0.399. The van der Waals surface area contributed by atoms with Gasteiger partial charge in [0.25, 0.3) is 11.6 Å². The molecule has 33 heavy (non-hydrogen) atoms. The van der Waals surface area contributed by atoms with Gasteiger partial charge in [-0.1, -0.05) is 41.9 Å². The van der Waals surface area contributed by atoms with E-state index in [0.29, 0.717) is 6.54 Å². The van der Waals surface area contributed by atoms with E-state index in [4.69, 9.17) is 11.6 Å². The lowest BCUT2D eigenvalue weighted by molar-refractivity contribution is -0.384. The van der Waals surface area contributed by atoms with Crippen molar-refractivity contribution in [3.63, 3.8) is 0 Å². The standard InChI is InChI=1S/C25H25ClN4O3/c1-28(2)19-9-7-18(8-10-19)24(29-14-13-17-5-3-4-6-23(17)29)16-27-25(31)21-12-11-20(30(32)33)15-22(21)26/h3-12,15,24H,13-14,16H2,1-2H3,(H,27,31). The summed E-state index contributed by atoms with van der Waals surface area (Å²) < 4.78 is 0. The molecule has 0 bridgehead atoms. The van der Waals surface area contributed by atoms with Crippen LogP contribution < -0.4 is 15.1 Å². The molecule has 1 unspecified atom stereocenters. The lowest BCUT2D eigenvalue weighted by Crippen LogP contribution is -2.37. The number of hydrogen-bond acceptors (Lipinski definition) is 5. The van der Waals surface area contributed by atoms with Gasteiger partial charge >= 0.3 is 0 Å². The summed E-state index contributed by atoms with van der Waals surface area (Å²) in [5, 5.41) is 14.0. The van der Waals surface area contributed by atoms with Gasteiger partial charge in [0, 0.05) is 50.7 Å². The van der Waals surface area contributed by atoms with Crippen molar-refractivity contribution in [3.05, 3.63) is 98.6 Å². The largest absolute Gasteiger partial charge is 0.378 e. The summed E-state index contributed by atoms with van der Waals surface area (Å²) in [5.41, 5.74) is 4.71. The van der Waals surface area contributed by atoms with Gasteiger partial charge in [-0.25, -0.2) is 0 Å². The predicted octanol–water partition coefficient (Wildman–Crippen LogP) is 4.85. The maximum absolute atomic E-state index is 12.9. The fourth-order valence-corrected chi connectivity index (χ4v) is 4.44. The van der Waals surface area contributed by atoms with Crippen LogP contribution in [-0.2, 0) is 6.42 Å². The number of nitrogens with one attached hydrogen (secondary N) is 1.